The van der Waals surface area contributed by atoms with Gasteiger partial charge in [-0.1, -0.05) is 6.07 Å². The van der Waals surface area contributed by atoms with Crippen LogP contribution in [0.5, 0.6) is 0 Å². The van der Waals surface area contributed by atoms with Gasteiger partial charge in [-0.15, -0.1) is 11.3 Å². The van der Waals surface area contributed by atoms with E-state index in [4.69, 9.17) is 0 Å². The molecule has 13 heavy (non-hydrogen) atoms. The van der Waals surface area contributed by atoms with Crippen molar-refractivity contribution in [2.45, 2.75) is 0 Å². The van der Waals surface area contributed by atoms with Gasteiger partial charge < -0.3 is 0 Å². The topological polar surface area (TPSA) is 25.8 Å². The lowest BCUT2D eigenvalue weighted by molar-refractivity contribution is 1.27. The molecule has 2 aromatic rings. The van der Waals surface area contributed by atoms with Crippen molar-refractivity contribution in [1.82, 2.24) is 9.97 Å². The first kappa shape index (κ1) is 9.30. The molecule has 2 rings (SSSR count). The molecule has 0 aromatic carbocycles. The van der Waals surface area contributed by atoms with Gasteiger partial charge in [-0.2, -0.15) is 0 Å². The summed E-state index contributed by atoms with van der Waals surface area (Å²) < 4.78 is 1.83. The average molecular weight is 320 g/mol. The minimum atomic E-state index is 0.832. The lowest BCUT2D eigenvalue weighted by atomic mass is 10.4. The van der Waals surface area contributed by atoms with E-state index in [9.17, 15) is 0 Å². The van der Waals surface area contributed by atoms with E-state index in [0.29, 0.717) is 0 Å². The second-order valence-electron chi connectivity index (χ2n) is 2.30. The van der Waals surface area contributed by atoms with Crippen LogP contribution in [0.2, 0.25) is 0 Å². The third kappa shape index (κ3) is 1.98. The zero-order valence-corrected chi connectivity index (χ0v) is 10.4. The number of halogens is 2. The first-order chi connectivity index (χ1) is 6.27. The van der Waals surface area contributed by atoms with Crippen LogP contribution in [0, 0.1) is 0 Å². The van der Waals surface area contributed by atoms with Crippen molar-refractivity contribution in [3.63, 3.8) is 0 Å². The largest absolute Gasteiger partial charge is 0.254 e. The number of rotatable bonds is 1. The summed E-state index contributed by atoms with van der Waals surface area (Å²) in [5, 5.41) is 0.916. The van der Waals surface area contributed by atoms with Crippen LogP contribution in [-0.4, -0.2) is 9.97 Å². The Morgan fingerprint density at radius 3 is 2.62 bits per heavy atom. The Bertz CT molecular complexity index is 394. The highest BCUT2D eigenvalue weighted by molar-refractivity contribution is 9.13. The smallest absolute Gasteiger partial charge is 0.144 e. The quantitative estimate of drug-likeness (QED) is 0.800. The van der Waals surface area contributed by atoms with Crippen LogP contribution in [0.4, 0.5) is 0 Å². The Morgan fingerprint density at radius 2 is 2.08 bits per heavy atom. The van der Waals surface area contributed by atoms with E-state index in [1.165, 1.54) is 0 Å². The fraction of sp³-hybridized carbons (Fsp3) is 0. The van der Waals surface area contributed by atoms with Crippen molar-refractivity contribution in [3.8, 4) is 10.7 Å². The van der Waals surface area contributed by atoms with Gasteiger partial charge in [0.25, 0.3) is 0 Å². The maximum absolute atomic E-state index is 4.31. The molecule has 5 heteroatoms. The predicted molar refractivity (Wildman–Crippen MR) is 60.7 cm³/mol. The Hall–Kier alpha value is -0.260. The third-order valence-corrected chi connectivity index (χ3v) is 4.53. The van der Waals surface area contributed by atoms with Crippen molar-refractivity contribution < 1.29 is 0 Å². The van der Waals surface area contributed by atoms with E-state index in [1.807, 2.05) is 18.2 Å². The summed E-state index contributed by atoms with van der Waals surface area (Å²) >= 11 is 8.30. The summed E-state index contributed by atoms with van der Waals surface area (Å²) in [5.74, 6) is 0. The summed E-state index contributed by atoms with van der Waals surface area (Å²) in [4.78, 5) is 8.52. The lowest BCUT2D eigenvalue weighted by Gasteiger charge is -1.91. The summed E-state index contributed by atoms with van der Waals surface area (Å²) in [6.45, 7) is 0. The van der Waals surface area contributed by atoms with E-state index in [-0.39, 0.29) is 0 Å². The van der Waals surface area contributed by atoms with Crippen LogP contribution >= 0.6 is 43.2 Å². The molecule has 0 aliphatic heterocycles. The van der Waals surface area contributed by atoms with Crippen molar-refractivity contribution in [1.29, 1.82) is 0 Å². The second-order valence-corrected chi connectivity index (χ2v) is 5.37. The highest BCUT2D eigenvalue weighted by Crippen LogP contribution is 2.33. The van der Waals surface area contributed by atoms with Gasteiger partial charge in [0.15, 0.2) is 0 Å². The normalized spacial score (nSPS) is 10.3. The Morgan fingerprint density at radius 1 is 1.23 bits per heavy atom. The molecule has 0 saturated heterocycles. The van der Waals surface area contributed by atoms with E-state index in [0.717, 1.165) is 19.1 Å². The Balaban J connectivity index is 2.48. The lowest BCUT2D eigenvalue weighted by Crippen LogP contribution is -1.78. The van der Waals surface area contributed by atoms with Crippen molar-refractivity contribution in [2.75, 3.05) is 0 Å². The molecule has 0 atom stereocenters. The molecule has 0 unspecified atom stereocenters. The van der Waals surface area contributed by atoms with Crippen LogP contribution < -0.4 is 0 Å². The predicted octanol–water partition coefficient (Wildman–Crippen LogP) is 3.73. The van der Waals surface area contributed by atoms with Crippen molar-refractivity contribution in [2.24, 2.45) is 0 Å². The molecule has 66 valence electrons. The maximum atomic E-state index is 4.31. The number of hydrogen-bond acceptors (Lipinski definition) is 3. The summed E-state index contributed by atoms with van der Waals surface area (Å²) in [6.07, 6.45) is 1.76. The molecule has 0 fully saturated rings. The van der Waals surface area contributed by atoms with E-state index < -0.39 is 0 Å². The Kier molecular flexibility index (Phi) is 2.76. The molecule has 2 heterocycles. The third-order valence-electron chi connectivity index (χ3n) is 1.43. The number of aromatic nitrogens is 2. The highest BCUT2D eigenvalue weighted by atomic mass is 79.9. The molecule has 0 N–H and O–H groups in total. The van der Waals surface area contributed by atoms with Crippen LogP contribution in [0.15, 0.2) is 32.8 Å². The fourth-order valence-corrected chi connectivity index (χ4v) is 2.63. The van der Waals surface area contributed by atoms with Gasteiger partial charge in [-0.05, 0) is 44.0 Å². The number of hydrogen-bond donors (Lipinski definition) is 0. The standard InChI is InChI=1S/C8H4Br2N2S/c9-6-7(10)13-8(12-6)5-3-1-2-4-11-5/h1-4H. The van der Waals surface area contributed by atoms with Gasteiger partial charge >= 0.3 is 0 Å². The van der Waals surface area contributed by atoms with Gasteiger partial charge in [0.05, 0.1) is 5.69 Å². The van der Waals surface area contributed by atoms with Crippen LogP contribution in [0.1, 0.15) is 0 Å². The molecular weight excluding hydrogens is 316 g/mol. The molecule has 2 aromatic heterocycles. The molecule has 0 aliphatic rings. The minimum Gasteiger partial charge on any atom is -0.254 e. The monoisotopic (exact) mass is 318 g/mol. The molecule has 0 aliphatic carbocycles. The van der Waals surface area contributed by atoms with Gasteiger partial charge in [0, 0.05) is 6.20 Å². The Labute approximate surface area is 96.3 Å². The van der Waals surface area contributed by atoms with Crippen LogP contribution in [0.3, 0.4) is 0 Å². The van der Waals surface area contributed by atoms with Gasteiger partial charge in [-0.25, -0.2) is 4.98 Å². The molecule has 0 saturated carbocycles. The molecule has 0 bridgehead atoms. The summed E-state index contributed by atoms with van der Waals surface area (Å²) in [5.41, 5.74) is 0.902. The highest BCUT2D eigenvalue weighted by Gasteiger charge is 2.08. The summed E-state index contributed by atoms with van der Waals surface area (Å²) in [6, 6.07) is 5.78. The molecule has 0 spiro atoms. The van der Waals surface area contributed by atoms with E-state index in [2.05, 4.69) is 41.8 Å². The van der Waals surface area contributed by atoms with Gasteiger partial charge in [0.2, 0.25) is 0 Å². The molecular formula is C8H4Br2N2S. The zero-order chi connectivity index (χ0) is 9.26. The SMILES string of the molecule is Brc1nc(-c2ccccn2)sc1Br. The van der Waals surface area contributed by atoms with Gasteiger partial charge in [-0.3, -0.25) is 4.98 Å². The number of nitrogens with zero attached hydrogens (tertiary/aromatic N) is 2. The maximum Gasteiger partial charge on any atom is 0.144 e. The van der Waals surface area contributed by atoms with Crippen molar-refractivity contribution in [3.05, 3.63) is 32.8 Å². The zero-order valence-electron chi connectivity index (χ0n) is 6.37. The number of thiazole rings is 1. The summed E-state index contributed by atoms with van der Waals surface area (Å²) in [7, 11) is 0. The molecule has 2 nitrogen and oxygen atoms in total. The van der Waals surface area contributed by atoms with Crippen LogP contribution in [0.25, 0.3) is 10.7 Å². The minimum absolute atomic E-state index is 0.832. The number of pyridine rings is 1. The first-order valence-electron chi connectivity index (χ1n) is 3.50. The second kappa shape index (κ2) is 3.86. The van der Waals surface area contributed by atoms with Crippen LogP contribution in [-0.2, 0) is 0 Å². The molecule has 0 radical (unpaired) electrons. The van der Waals surface area contributed by atoms with E-state index >= 15 is 0 Å². The fourth-order valence-electron chi connectivity index (χ4n) is 0.882. The van der Waals surface area contributed by atoms with Gasteiger partial charge in [0.1, 0.15) is 13.4 Å². The average Bonchev–Trinajstić information content (AvgIpc) is 2.49. The first-order valence-corrected chi connectivity index (χ1v) is 5.91. The van der Waals surface area contributed by atoms with E-state index in [1.54, 1.807) is 17.5 Å². The van der Waals surface area contributed by atoms with Crippen molar-refractivity contribution >= 4 is 43.2 Å². The molecule has 0 amide bonds.